The van der Waals surface area contributed by atoms with Gasteiger partial charge in [-0.05, 0) is 25.1 Å². The Labute approximate surface area is 99.9 Å². The Bertz CT molecular complexity index is 382. The molecule has 0 aliphatic heterocycles. The third-order valence-electron chi connectivity index (χ3n) is 2.21. The average molecular weight is 243 g/mol. The van der Waals surface area contributed by atoms with Gasteiger partial charge in [0.05, 0.1) is 5.02 Å². The average Bonchev–Trinajstić information content (AvgIpc) is 2.26. The summed E-state index contributed by atoms with van der Waals surface area (Å²) in [6.45, 7) is 2.53. The number of hydrogen-bond acceptors (Lipinski definition) is 3. The molecule has 0 aromatic heterocycles. The molecule has 0 heterocycles. The van der Waals surface area contributed by atoms with Crippen LogP contribution in [0.3, 0.4) is 0 Å². The number of carbonyl (C=O) groups excluding carboxylic acids is 1. The van der Waals surface area contributed by atoms with Crippen LogP contribution in [0.25, 0.3) is 0 Å². The number of halogens is 1. The Hall–Kier alpha value is -1.42. The maximum absolute atomic E-state index is 11.5. The number of amides is 1. The van der Waals surface area contributed by atoms with E-state index in [4.69, 9.17) is 22.1 Å². The third kappa shape index (κ3) is 3.31. The van der Waals surface area contributed by atoms with Crippen LogP contribution in [0, 0.1) is 0 Å². The van der Waals surface area contributed by atoms with Crippen LogP contribution in [0.5, 0.6) is 5.75 Å². The van der Waals surface area contributed by atoms with Crippen molar-refractivity contribution in [3.05, 3.63) is 23.2 Å². The Kier molecular flexibility index (Phi) is 4.43. The van der Waals surface area contributed by atoms with Crippen LogP contribution in [0.4, 0.5) is 5.69 Å². The van der Waals surface area contributed by atoms with E-state index in [1.165, 1.54) is 0 Å². The van der Waals surface area contributed by atoms with Gasteiger partial charge in [0.15, 0.2) is 6.61 Å². The lowest BCUT2D eigenvalue weighted by Gasteiger charge is -2.15. The summed E-state index contributed by atoms with van der Waals surface area (Å²) in [6.07, 6.45) is 0. The van der Waals surface area contributed by atoms with E-state index in [0.29, 0.717) is 23.0 Å². The molecule has 4 nitrogen and oxygen atoms in total. The van der Waals surface area contributed by atoms with E-state index >= 15 is 0 Å². The predicted molar refractivity (Wildman–Crippen MR) is 64.7 cm³/mol. The van der Waals surface area contributed by atoms with Crippen molar-refractivity contribution in [1.82, 2.24) is 4.90 Å². The second kappa shape index (κ2) is 5.61. The molecule has 0 bridgehead atoms. The molecule has 16 heavy (non-hydrogen) atoms. The number of likely N-dealkylation sites (N-methyl/N-ethyl adjacent to an activating group) is 1. The van der Waals surface area contributed by atoms with Crippen LogP contribution in [0.1, 0.15) is 6.92 Å². The minimum absolute atomic E-state index is 0.0199. The first-order chi connectivity index (χ1) is 7.54. The summed E-state index contributed by atoms with van der Waals surface area (Å²) >= 11 is 5.90. The lowest BCUT2D eigenvalue weighted by Crippen LogP contribution is -2.31. The van der Waals surface area contributed by atoms with Gasteiger partial charge in [-0.3, -0.25) is 4.79 Å². The number of ether oxygens (including phenoxy) is 1. The van der Waals surface area contributed by atoms with Gasteiger partial charge < -0.3 is 15.4 Å². The SMILES string of the molecule is CCN(C)C(=O)COc1ccc(N)cc1Cl. The number of nitrogens with zero attached hydrogens (tertiary/aromatic N) is 1. The fraction of sp³-hybridized carbons (Fsp3) is 0.364. The normalized spacial score (nSPS) is 9.94. The van der Waals surface area contributed by atoms with E-state index in [1.54, 1.807) is 30.1 Å². The van der Waals surface area contributed by atoms with E-state index in [2.05, 4.69) is 0 Å². The summed E-state index contributed by atoms with van der Waals surface area (Å²) in [6, 6.07) is 4.91. The Morgan fingerprint density at radius 2 is 2.25 bits per heavy atom. The fourth-order valence-corrected chi connectivity index (χ4v) is 1.30. The highest BCUT2D eigenvalue weighted by Gasteiger charge is 2.09. The number of anilines is 1. The molecule has 0 atom stereocenters. The second-order valence-electron chi connectivity index (χ2n) is 3.39. The van der Waals surface area contributed by atoms with E-state index in [1.807, 2.05) is 6.92 Å². The number of carbonyl (C=O) groups is 1. The van der Waals surface area contributed by atoms with Crippen LogP contribution in [-0.2, 0) is 4.79 Å². The zero-order valence-electron chi connectivity index (χ0n) is 9.37. The summed E-state index contributed by atoms with van der Waals surface area (Å²) in [4.78, 5) is 13.0. The lowest BCUT2D eigenvalue weighted by atomic mass is 10.3. The van der Waals surface area contributed by atoms with Crippen molar-refractivity contribution in [3.8, 4) is 5.75 Å². The molecule has 1 amide bonds. The first-order valence-corrected chi connectivity index (χ1v) is 5.34. The fourth-order valence-electron chi connectivity index (χ4n) is 1.06. The van der Waals surface area contributed by atoms with Gasteiger partial charge in [0.1, 0.15) is 5.75 Å². The van der Waals surface area contributed by atoms with Gasteiger partial charge >= 0.3 is 0 Å². The largest absolute Gasteiger partial charge is 0.482 e. The van der Waals surface area contributed by atoms with Crippen LogP contribution in [0.2, 0.25) is 5.02 Å². The molecule has 0 fully saturated rings. The molecule has 0 aliphatic carbocycles. The molecule has 0 saturated heterocycles. The molecule has 1 rings (SSSR count). The number of nitrogens with two attached hydrogens (primary N) is 1. The monoisotopic (exact) mass is 242 g/mol. The van der Waals surface area contributed by atoms with E-state index in [9.17, 15) is 4.79 Å². The molecule has 5 heteroatoms. The maximum atomic E-state index is 11.5. The molecule has 2 N–H and O–H groups in total. The third-order valence-corrected chi connectivity index (χ3v) is 2.50. The molecule has 88 valence electrons. The van der Waals surface area contributed by atoms with Crippen molar-refractivity contribution < 1.29 is 9.53 Å². The van der Waals surface area contributed by atoms with E-state index in [-0.39, 0.29) is 12.5 Å². The first-order valence-electron chi connectivity index (χ1n) is 4.96. The molecular weight excluding hydrogens is 228 g/mol. The summed E-state index contributed by atoms with van der Waals surface area (Å²) in [5, 5.41) is 0.409. The number of hydrogen-bond donors (Lipinski definition) is 1. The quantitative estimate of drug-likeness (QED) is 0.819. The maximum Gasteiger partial charge on any atom is 0.260 e. The van der Waals surface area contributed by atoms with Gasteiger partial charge in [0.25, 0.3) is 5.91 Å². The summed E-state index contributed by atoms with van der Waals surface area (Å²) in [7, 11) is 1.72. The van der Waals surface area contributed by atoms with Crippen molar-refractivity contribution >= 4 is 23.2 Å². The predicted octanol–water partition coefficient (Wildman–Crippen LogP) is 1.78. The molecule has 0 spiro atoms. The van der Waals surface area contributed by atoms with Crippen molar-refractivity contribution in [2.24, 2.45) is 0 Å². The van der Waals surface area contributed by atoms with Crippen LogP contribution >= 0.6 is 11.6 Å². The first kappa shape index (κ1) is 12.6. The zero-order chi connectivity index (χ0) is 12.1. The molecule has 1 aromatic carbocycles. The smallest absolute Gasteiger partial charge is 0.260 e. The highest BCUT2D eigenvalue weighted by molar-refractivity contribution is 6.32. The van der Waals surface area contributed by atoms with E-state index in [0.717, 1.165) is 0 Å². The van der Waals surface area contributed by atoms with Crippen molar-refractivity contribution in [1.29, 1.82) is 0 Å². The van der Waals surface area contributed by atoms with Gasteiger partial charge in [0, 0.05) is 19.3 Å². The summed E-state index contributed by atoms with van der Waals surface area (Å²) in [5.41, 5.74) is 6.10. The molecule has 1 aromatic rings. The molecule has 0 aliphatic rings. The summed E-state index contributed by atoms with van der Waals surface area (Å²) < 4.78 is 5.30. The highest BCUT2D eigenvalue weighted by Crippen LogP contribution is 2.26. The van der Waals surface area contributed by atoms with Crippen LogP contribution < -0.4 is 10.5 Å². The van der Waals surface area contributed by atoms with Gasteiger partial charge in [-0.1, -0.05) is 11.6 Å². The summed E-state index contributed by atoms with van der Waals surface area (Å²) in [5.74, 6) is 0.379. The van der Waals surface area contributed by atoms with Crippen LogP contribution in [0.15, 0.2) is 18.2 Å². The number of nitrogen functional groups attached to an aromatic ring is 1. The molecular formula is C11H15ClN2O2. The van der Waals surface area contributed by atoms with Gasteiger partial charge in [-0.25, -0.2) is 0 Å². The zero-order valence-corrected chi connectivity index (χ0v) is 10.1. The van der Waals surface area contributed by atoms with Crippen LogP contribution in [-0.4, -0.2) is 31.0 Å². The van der Waals surface area contributed by atoms with Crippen molar-refractivity contribution in [2.45, 2.75) is 6.92 Å². The molecule has 0 radical (unpaired) electrons. The van der Waals surface area contributed by atoms with E-state index < -0.39 is 0 Å². The van der Waals surface area contributed by atoms with Gasteiger partial charge in [-0.2, -0.15) is 0 Å². The van der Waals surface area contributed by atoms with Crippen molar-refractivity contribution in [3.63, 3.8) is 0 Å². The highest BCUT2D eigenvalue weighted by atomic mass is 35.5. The Morgan fingerprint density at radius 3 is 2.81 bits per heavy atom. The van der Waals surface area contributed by atoms with Crippen molar-refractivity contribution in [2.75, 3.05) is 25.9 Å². The minimum Gasteiger partial charge on any atom is -0.482 e. The standard InChI is InChI=1S/C11H15ClN2O2/c1-3-14(2)11(15)7-16-10-5-4-8(13)6-9(10)12/h4-6H,3,7,13H2,1-2H3. The second-order valence-corrected chi connectivity index (χ2v) is 3.79. The number of benzene rings is 1. The topological polar surface area (TPSA) is 55.6 Å². The Balaban J connectivity index is 2.58. The Morgan fingerprint density at radius 1 is 1.56 bits per heavy atom. The lowest BCUT2D eigenvalue weighted by molar-refractivity contribution is -0.131. The number of rotatable bonds is 4. The van der Waals surface area contributed by atoms with Gasteiger partial charge in [-0.15, -0.1) is 0 Å². The van der Waals surface area contributed by atoms with Gasteiger partial charge in [0.2, 0.25) is 0 Å². The molecule has 0 unspecified atom stereocenters. The molecule has 0 saturated carbocycles. The minimum atomic E-state index is -0.0876.